The summed E-state index contributed by atoms with van der Waals surface area (Å²) >= 11 is 5.85. The van der Waals surface area contributed by atoms with E-state index in [1.165, 1.54) is 0 Å². The quantitative estimate of drug-likeness (QED) is 0.830. The molecule has 1 nitrogen and oxygen atoms in total. The van der Waals surface area contributed by atoms with Gasteiger partial charge in [0, 0.05) is 10.9 Å². The van der Waals surface area contributed by atoms with Crippen LogP contribution in [0.3, 0.4) is 0 Å². The average Bonchev–Trinajstić information content (AvgIpc) is 2.05. The molecule has 15 heavy (non-hydrogen) atoms. The van der Waals surface area contributed by atoms with Gasteiger partial charge in [-0.05, 0) is 37.5 Å². The Morgan fingerprint density at radius 1 is 1.13 bits per heavy atom. The van der Waals surface area contributed by atoms with Gasteiger partial charge in [0.1, 0.15) is 0 Å². The van der Waals surface area contributed by atoms with E-state index < -0.39 is 5.60 Å². The van der Waals surface area contributed by atoms with E-state index in [9.17, 15) is 5.11 Å². The molecule has 0 amide bonds. The normalized spacial score (nSPS) is 14.3. The number of halogens is 1. The number of hydrogen-bond donors (Lipinski definition) is 1. The molecule has 0 aliphatic rings. The van der Waals surface area contributed by atoms with Crippen LogP contribution in [0.25, 0.3) is 0 Å². The van der Waals surface area contributed by atoms with Crippen LogP contribution < -0.4 is 0 Å². The van der Waals surface area contributed by atoms with E-state index >= 15 is 0 Å². The van der Waals surface area contributed by atoms with Gasteiger partial charge in [0.05, 0.1) is 5.60 Å². The molecule has 1 N–H and O–H groups in total. The van der Waals surface area contributed by atoms with E-state index in [2.05, 4.69) is 13.8 Å². The highest BCUT2D eigenvalue weighted by Crippen LogP contribution is 2.35. The molecule has 0 fully saturated rings. The first-order chi connectivity index (χ1) is 6.82. The molecule has 0 aliphatic heterocycles. The molecule has 0 spiro atoms. The molecule has 1 atom stereocenters. The van der Waals surface area contributed by atoms with Crippen LogP contribution in [0.2, 0.25) is 5.02 Å². The van der Waals surface area contributed by atoms with Gasteiger partial charge in [-0.1, -0.05) is 37.6 Å². The summed E-state index contributed by atoms with van der Waals surface area (Å²) in [5.74, 6) is 0.529. The lowest BCUT2D eigenvalue weighted by Crippen LogP contribution is -2.32. The summed E-state index contributed by atoms with van der Waals surface area (Å²) in [4.78, 5) is 0. The molecule has 0 aromatic heterocycles. The third-order valence-electron chi connectivity index (χ3n) is 2.66. The minimum Gasteiger partial charge on any atom is -0.390 e. The summed E-state index contributed by atoms with van der Waals surface area (Å²) in [6, 6.07) is 7.73. The second-order valence-corrected chi connectivity index (χ2v) is 5.36. The molecule has 0 saturated heterocycles. The van der Waals surface area contributed by atoms with Gasteiger partial charge in [-0.3, -0.25) is 0 Å². The Bertz CT molecular complexity index is 308. The molecule has 0 heterocycles. The van der Waals surface area contributed by atoms with Crippen LogP contribution >= 0.6 is 11.6 Å². The van der Waals surface area contributed by atoms with Crippen molar-refractivity contribution in [3.8, 4) is 0 Å². The largest absolute Gasteiger partial charge is 0.390 e. The van der Waals surface area contributed by atoms with Crippen molar-refractivity contribution in [1.29, 1.82) is 0 Å². The van der Waals surface area contributed by atoms with Gasteiger partial charge < -0.3 is 5.11 Å². The molecule has 0 bridgehead atoms. The molecule has 0 unspecified atom stereocenters. The monoisotopic (exact) mass is 226 g/mol. The summed E-state index contributed by atoms with van der Waals surface area (Å²) in [7, 11) is 0. The molecule has 1 aromatic rings. The Hall–Kier alpha value is -0.530. The third kappa shape index (κ3) is 3.22. The zero-order valence-electron chi connectivity index (χ0n) is 9.79. The highest BCUT2D eigenvalue weighted by atomic mass is 35.5. The molecule has 2 heteroatoms. The predicted molar refractivity (Wildman–Crippen MR) is 65.3 cm³/mol. The molecule has 84 valence electrons. The molecule has 0 aliphatic carbocycles. The molecule has 0 saturated carbocycles. The predicted octanol–water partition coefficient (Wildman–Crippen LogP) is 3.85. The van der Waals surface area contributed by atoms with E-state index in [1.54, 1.807) is 0 Å². The Morgan fingerprint density at radius 3 is 1.93 bits per heavy atom. The van der Waals surface area contributed by atoms with Crippen molar-refractivity contribution in [3.05, 3.63) is 34.9 Å². The third-order valence-corrected chi connectivity index (χ3v) is 2.91. The Labute approximate surface area is 97.1 Å². The molecule has 1 rings (SSSR count). The maximum atomic E-state index is 10.1. The zero-order chi connectivity index (χ0) is 11.6. The van der Waals surface area contributed by atoms with Gasteiger partial charge in [-0.15, -0.1) is 0 Å². The zero-order valence-corrected chi connectivity index (χ0v) is 10.5. The summed E-state index contributed by atoms with van der Waals surface area (Å²) in [6.45, 7) is 7.95. The van der Waals surface area contributed by atoms with Crippen LogP contribution in [0.5, 0.6) is 0 Å². The minimum absolute atomic E-state index is 0.134. The summed E-state index contributed by atoms with van der Waals surface area (Å²) in [6.07, 6.45) is 0. The highest BCUT2D eigenvalue weighted by molar-refractivity contribution is 6.30. The first kappa shape index (κ1) is 12.5. The average molecular weight is 227 g/mol. The lowest BCUT2D eigenvalue weighted by Gasteiger charge is -2.33. The fourth-order valence-electron chi connectivity index (χ4n) is 2.28. The first-order valence-electron chi connectivity index (χ1n) is 5.30. The number of rotatable bonds is 3. The van der Waals surface area contributed by atoms with E-state index in [4.69, 9.17) is 11.6 Å². The topological polar surface area (TPSA) is 20.2 Å². The van der Waals surface area contributed by atoms with Crippen molar-refractivity contribution in [1.82, 2.24) is 0 Å². The Balaban J connectivity index is 3.05. The van der Waals surface area contributed by atoms with Crippen LogP contribution in [0, 0.1) is 5.92 Å². The second-order valence-electron chi connectivity index (χ2n) is 4.93. The molecular weight excluding hydrogens is 208 g/mol. The van der Waals surface area contributed by atoms with Crippen molar-refractivity contribution in [2.45, 2.75) is 39.2 Å². The molecule has 0 radical (unpaired) electrons. The van der Waals surface area contributed by atoms with Crippen LogP contribution in [-0.4, -0.2) is 10.7 Å². The highest BCUT2D eigenvalue weighted by Gasteiger charge is 2.30. The fourth-order valence-corrected chi connectivity index (χ4v) is 2.40. The van der Waals surface area contributed by atoms with Crippen molar-refractivity contribution in [2.24, 2.45) is 5.92 Å². The van der Waals surface area contributed by atoms with Crippen molar-refractivity contribution in [3.63, 3.8) is 0 Å². The SMILES string of the molecule is CC(C)[C@@H](c1ccc(Cl)cc1)C(C)(C)O. The number of hydrogen-bond acceptors (Lipinski definition) is 1. The maximum Gasteiger partial charge on any atom is 0.0662 e. The fraction of sp³-hybridized carbons (Fsp3) is 0.538. The van der Waals surface area contributed by atoms with E-state index in [0.717, 1.165) is 10.6 Å². The van der Waals surface area contributed by atoms with E-state index in [0.29, 0.717) is 5.92 Å². The number of benzene rings is 1. The van der Waals surface area contributed by atoms with Gasteiger partial charge in [-0.25, -0.2) is 0 Å². The van der Waals surface area contributed by atoms with Crippen LogP contribution in [-0.2, 0) is 0 Å². The second kappa shape index (κ2) is 4.54. The maximum absolute atomic E-state index is 10.1. The van der Waals surface area contributed by atoms with Crippen molar-refractivity contribution < 1.29 is 5.11 Å². The van der Waals surface area contributed by atoms with Crippen LogP contribution in [0.15, 0.2) is 24.3 Å². The lowest BCUT2D eigenvalue weighted by molar-refractivity contribution is 0.0332. The van der Waals surface area contributed by atoms with Crippen molar-refractivity contribution in [2.75, 3.05) is 0 Å². The lowest BCUT2D eigenvalue weighted by atomic mass is 9.77. The molecule has 1 aromatic carbocycles. The van der Waals surface area contributed by atoms with Crippen LogP contribution in [0.4, 0.5) is 0 Å². The van der Waals surface area contributed by atoms with Gasteiger partial charge in [0.2, 0.25) is 0 Å². The summed E-state index contributed by atoms with van der Waals surface area (Å²) in [5.41, 5.74) is 0.434. The van der Waals surface area contributed by atoms with Crippen LogP contribution in [0.1, 0.15) is 39.2 Å². The summed E-state index contributed by atoms with van der Waals surface area (Å²) < 4.78 is 0. The van der Waals surface area contributed by atoms with E-state index in [1.807, 2.05) is 38.1 Å². The standard InChI is InChI=1S/C13H19ClO/c1-9(2)12(13(3,4)15)10-5-7-11(14)8-6-10/h5-9,12,15H,1-4H3/t12-/m0/s1. The van der Waals surface area contributed by atoms with Gasteiger partial charge in [0.25, 0.3) is 0 Å². The Kier molecular flexibility index (Phi) is 3.80. The van der Waals surface area contributed by atoms with Gasteiger partial charge >= 0.3 is 0 Å². The number of aliphatic hydroxyl groups is 1. The molecular formula is C13H19ClO. The summed E-state index contributed by atoms with van der Waals surface area (Å²) in [5, 5.41) is 10.9. The first-order valence-corrected chi connectivity index (χ1v) is 5.68. The Morgan fingerprint density at radius 2 is 1.60 bits per heavy atom. The minimum atomic E-state index is -0.706. The smallest absolute Gasteiger partial charge is 0.0662 e. The van der Waals surface area contributed by atoms with E-state index in [-0.39, 0.29) is 5.92 Å². The van der Waals surface area contributed by atoms with Gasteiger partial charge in [0.15, 0.2) is 0 Å². The van der Waals surface area contributed by atoms with Gasteiger partial charge in [-0.2, -0.15) is 0 Å². The van der Waals surface area contributed by atoms with Crippen molar-refractivity contribution >= 4 is 11.6 Å².